The van der Waals surface area contributed by atoms with E-state index in [-0.39, 0.29) is 7.46 Å². The molecule has 130 valence electrons. The lowest BCUT2D eigenvalue weighted by atomic mass is 9.97. The summed E-state index contributed by atoms with van der Waals surface area (Å²) < 4.78 is 0. The van der Waals surface area contributed by atoms with E-state index in [4.69, 9.17) is 5.73 Å². The van der Waals surface area contributed by atoms with Crippen LogP contribution in [-0.2, 0) is 0 Å². The molecule has 0 spiro atoms. The Labute approximate surface area is 144 Å². The third-order valence-corrected chi connectivity index (χ3v) is 5.23. The Morgan fingerprint density at radius 3 is 2.88 bits per heavy atom. The summed E-state index contributed by atoms with van der Waals surface area (Å²) in [5.41, 5.74) is 8.56. The van der Waals surface area contributed by atoms with E-state index in [1.54, 1.807) is 7.05 Å². The van der Waals surface area contributed by atoms with Gasteiger partial charge in [0.25, 0.3) is 0 Å². The second-order valence-corrected chi connectivity index (χ2v) is 6.86. The molecule has 1 aromatic rings. The van der Waals surface area contributed by atoms with Crippen molar-refractivity contribution in [1.29, 1.82) is 0 Å². The summed E-state index contributed by atoms with van der Waals surface area (Å²) in [7, 11) is 1.64. The third-order valence-electron chi connectivity index (χ3n) is 5.23. The molecule has 2 bridgehead atoms. The van der Waals surface area contributed by atoms with Gasteiger partial charge in [0, 0.05) is 32.3 Å². The number of nitrogens with two attached hydrogens (primary N) is 1. The quantitative estimate of drug-likeness (QED) is 0.660. The van der Waals surface area contributed by atoms with Crippen LogP contribution in [0.5, 0.6) is 0 Å². The van der Waals surface area contributed by atoms with E-state index in [9.17, 15) is 4.79 Å². The Hall–Kier alpha value is -2.37. The van der Waals surface area contributed by atoms with Crippen LogP contribution in [0.25, 0.3) is 0 Å². The molecule has 2 amide bonds. The Bertz CT molecular complexity index is 701. The SMILES string of the molecule is CN=CN=C(N)c1cc(NC(=O)N2C[C@@H]3CC2CC3C)ccc1C.[HH]. The van der Waals surface area contributed by atoms with Crippen molar-refractivity contribution in [2.75, 3.05) is 18.9 Å². The summed E-state index contributed by atoms with van der Waals surface area (Å²) in [4.78, 5) is 22.5. The normalized spacial score (nSPS) is 26.4. The molecule has 1 aliphatic carbocycles. The number of hydrogen-bond acceptors (Lipinski definition) is 2. The van der Waals surface area contributed by atoms with Crippen molar-refractivity contribution in [3.05, 3.63) is 29.3 Å². The number of aliphatic imine (C=N–C) groups is 2. The van der Waals surface area contributed by atoms with E-state index in [1.807, 2.05) is 30.0 Å². The molecular weight excluding hydrogens is 302 g/mol. The van der Waals surface area contributed by atoms with E-state index in [2.05, 4.69) is 22.2 Å². The molecule has 2 aliphatic rings. The number of urea groups is 1. The number of rotatable bonds is 3. The number of piperidine rings is 1. The third kappa shape index (κ3) is 3.13. The molecule has 2 unspecified atom stereocenters. The summed E-state index contributed by atoms with van der Waals surface area (Å²) in [6.45, 7) is 5.12. The van der Waals surface area contributed by atoms with Gasteiger partial charge >= 0.3 is 6.03 Å². The fraction of sp³-hybridized carbons (Fsp3) is 0.500. The molecule has 3 N–H and O–H groups in total. The molecule has 2 fully saturated rings. The maximum Gasteiger partial charge on any atom is 0.322 e. The largest absolute Gasteiger partial charge is 0.383 e. The van der Waals surface area contributed by atoms with Gasteiger partial charge in [-0.15, -0.1) is 0 Å². The Kier molecular flexibility index (Phi) is 4.55. The second-order valence-electron chi connectivity index (χ2n) is 6.86. The van der Waals surface area contributed by atoms with Crippen molar-refractivity contribution >= 4 is 23.9 Å². The molecular formula is C18H27N5O. The molecule has 1 saturated heterocycles. The van der Waals surface area contributed by atoms with Crippen molar-refractivity contribution in [3.8, 4) is 0 Å². The van der Waals surface area contributed by atoms with E-state index >= 15 is 0 Å². The summed E-state index contributed by atoms with van der Waals surface area (Å²) >= 11 is 0. The first-order chi connectivity index (χ1) is 11.5. The van der Waals surface area contributed by atoms with Gasteiger partial charge < -0.3 is 16.0 Å². The number of benzene rings is 1. The Morgan fingerprint density at radius 2 is 2.25 bits per heavy atom. The smallest absolute Gasteiger partial charge is 0.322 e. The zero-order valence-corrected chi connectivity index (χ0v) is 14.5. The highest BCUT2D eigenvalue weighted by Gasteiger charge is 2.44. The highest BCUT2D eigenvalue weighted by Crippen LogP contribution is 2.41. The summed E-state index contributed by atoms with van der Waals surface area (Å²) in [6.07, 6.45) is 3.68. The summed E-state index contributed by atoms with van der Waals surface area (Å²) in [6, 6.07) is 6.08. The van der Waals surface area contributed by atoms with Crippen LogP contribution in [0.3, 0.4) is 0 Å². The lowest BCUT2D eigenvalue weighted by Crippen LogP contribution is -2.42. The van der Waals surface area contributed by atoms with Crippen LogP contribution in [-0.4, -0.2) is 42.7 Å². The van der Waals surface area contributed by atoms with Crippen LogP contribution < -0.4 is 11.1 Å². The van der Waals surface area contributed by atoms with Crippen molar-refractivity contribution < 1.29 is 6.22 Å². The summed E-state index contributed by atoms with van der Waals surface area (Å²) in [5.74, 6) is 1.79. The van der Waals surface area contributed by atoms with Gasteiger partial charge in [-0.3, -0.25) is 4.99 Å². The molecule has 1 saturated carbocycles. The minimum Gasteiger partial charge on any atom is -0.383 e. The molecule has 1 aliphatic heterocycles. The number of anilines is 1. The molecule has 3 rings (SSSR count). The van der Waals surface area contributed by atoms with Gasteiger partial charge in [-0.25, -0.2) is 9.79 Å². The number of nitrogens with one attached hydrogen (secondary N) is 1. The highest BCUT2D eigenvalue weighted by atomic mass is 16.2. The van der Waals surface area contributed by atoms with Gasteiger partial charge in [-0.05, 0) is 49.3 Å². The van der Waals surface area contributed by atoms with Crippen LogP contribution >= 0.6 is 0 Å². The van der Waals surface area contributed by atoms with E-state index < -0.39 is 0 Å². The molecule has 0 aromatic heterocycles. The molecule has 6 nitrogen and oxygen atoms in total. The zero-order valence-electron chi connectivity index (χ0n) is 14.5. The maximum absolute atomic E-state index is 12.6. The van der Waals surface area contributed by atoms with Gasteiger partial charge in [-0.1, -0.05) is 13.0 Å². The van der Waals surface area contributed by atoms with Crippen LogP contribution in [0.2, 0.25) is 0 Å². The van der Waals surface area contributed by atoms with E-state index in [0.29, 0.717) is 17.8 Å². The number of nitrogens with zero attached hydrogens (tertiary/aromatic N) is 3. The van der Waals surface area contributed by atoms with Crippen LogP contribution in [0, 0.1) is 18.8 Å². The minimum atomic E-state index is -0.0187. The number of likely N-dealkylation sites (tertiary alicyclic amines) is 1. The average molecular weight is 329 g/mol. The van der Waals surface area contributed by atoms with Gasteiger partial charge in [0.05, 0.1) is 0 Å². The minimum absolute atomic E-state index is 0. The number of fused-ring (bicyclic) bond motifs is 2. The van der Waals surface area contributed by atoms with Gasteiger partial charge in [0.1, 0.15) is 12.2 Å². The number of carbonyl (C=O) groups is 1. The summed E-state index contributed by atoms with van der Waals surface area (Å²) in [5, 5.41) is 3.00. The topological polar surface area (TPSA) is 83.1 Å². The van der Waals surface area contributed by atoms with Crippen molar-refractivity contribution in [3.63, 3.8) is 0 Å². The van der Waals surface area contributed by atoms with E-state index in [1.165, 1.54) is 6.34 Å². The van der Waals surface area contributed by atoms with Crippen LogP contribution in [0.15, 0.2) is 28.2 Å². The first-order valence-corrected chi connectivity index (χ1v) is 8.42. The predicted molar refractivity (Wildman–Crippen MR) is 99.8 cm³/mol. The highest BCUT2D eigenvalue weighted by molar-refractivity contribution is 6.03. The Morgan fingerprint density at radius 1 is 1.46 bits per heavy atom. The zero-order chi connectivity index (χ0) is 17.3. The van der Waals surface area contributed by atoms with Crippen LogP contribution in [0.4, 0.5) is 10.5 Å². The fourth-order valence-corrected chi connectivity index (χ4v) is 3.82. The predicted octanol–water partition coefficient (Wildman–Crippen LogP) is 2.87. The second kappa shape index (κ2) is 6.63. The van der Waals surface area contributed by atoms with Gasteiger partial charge in [0.15, 0.2) is 0 Å². The number of amidine groups is 1. The van der Waals surface area contributed by atoms with Gasteiger partial charge in [0.2, 0.25) is 0 Å². The van der Waals surface area contributed by atoms with E-state index in [0.717, 1.165) is 42.1 Å². The molecule has 1 heterocycles. The molecule has 1 aromatic carbocycles. The fourth-order valence-electron chi connectivity index (χ4n) is 3.82. The van der Waals surface area contributed by atoms with Crippen molar-refractivity contribution in [2.24, 2.45) is 27.6 Å². The van der Waals surface area contributed by atoms with Crippen LogP contribution in [0.1, 0.15) is 32.3 Å². The first kappa shape index (κ1) is 16.5. The lowest BCUT2D eigenvalue weighted by Gasteiger charge is -2.30. The number of amides is 2. The van der Waals surface area contributed by atoms with Crippen molar-refractivity contribution in [2.45, 2.75) is 32.7 Å². The average Bonchev–Trinajstić information content (AvgIpc) is 3.13. The lowest BCUT2D eigenvalue weighted by molar-refractivity contribution is 0.181. The molecule has 0 radical (unpaired) electrons. The first-order valence-electron chi connectivity index (χ1n) is 8.42. The molecule has 24 heavy (non-hydrogen) atoms. The molecule has 6 heteroatoms. The van der Waals surface area contributed by atoms with Crippen molar-refractivity contribution in [1.82, 2.24) is 4.90 Å². The maximum atomic E-state index is 12.6. The van der Waals surface area contributed by atoms with Gasteiger partial charge in [-0.2, -0.15) is 0 Å². The number of hydrogen-bond donors (Lipinski definition) is 2. The Balaban J connectivity index is 0.00000225. The molecule has 3 atom stereocenters. The monoisotopic (exact) mass is 329 g/mol. The number of aryl methyl sites for hydroxylation is 1. The number of carbonyl (C=O) groups excluding carboxylic acids is 1. The standard InChI is InChI=1S/C18H25N5O.H2/c1-11-4-5-14(8-16(11)17(19)21-10-20-3)22-18(24)23-9-13-7-15(23)6-12(13)2;/h4-5,8,10,12-13,15H,6-7,9H2,1-3H3,(H,22,24)(H2,19,20,21);1H/t12?,13-,15?;/m0./s1.